The van der Waals surface area contributed by atoms with E-state index in [9.17, 15) is 4.79 Å². The summed E-state index contributed by atoms with van der Waals surface area (Å²) in [4.78, 5) is 15.2. The second-order valence-electron chi connectivity index (χ2n) is 7.46. The van der Waals surface area contributed by atoms with E-state index in [1.165, 1.54) is 11.1 Å². The van der Waals surface area contributed by atoms with Crippen LogP contribution in [-0.4, -0.2) is 23.9 Å². The van der Waals surface area contributed by atoms with E-state index in [-0.39, 0.29) is 11.8 Å². The number of benzene rings is 2. The largest absolute Gasteiger partial charge is 0.325 e. The summed E-state index contributed by atoms with van der Waals surface area (Å²) in [5.74, 6) is 0.178. The van der Waals surface area contributed by atoms with Crippen molar-refractivity contribution in [3.63, 3.8) is 0 Å². The van der Waals surface area contributed by atoms with Crippen molar-refractivity contribution in [3.05, 3.63) is 63.7 Å². The molecule has 26 heavy (non-hydrogen) atoms. The number of hydrogen-bond acceptors (Lipinski definition) is 2. The number of piperidine rings is 1. The summed E-state index contributed by atoms with van der Waals surface area (Å²) in [6.07, 6.45) is 2.00. The number of anilines is 1. The zero-order valence-corrected chi connectivity index (χ0v) is 16.6. The molecule has 3 nitrogen and oxygen atoms in total. The number of nitrogens with one attached hydrogen (secondary N) is 1. The lowest BCUT2D eigenvalue weighted by molar-refractivity contribution is -0.121. The highest BCUT2D eigenvalue weighted by atomic mass is 35.5. The van der Waals surface area contributed by atoms with Gasteiger partial charge in [0.2, 0.25) is 5.91 Å². The molecular weight excluding hydrogens is 344 g/mol. The van der Waals surface area contributed by atoms with Crippen LogP contribution in [0.5, 0.6) is 0 Å². The van der Waals surface area contributed by atoms with Crippen LogP contribution in [0.2, 0.25) is 5.02 Å². The minimum absolute atomic E-state index is 0.0381. The Labute approximate surface area is 161 Å². The Morgan fingerprint density at radius 3 is 2.46 bits per heavy atom. The van der Waals surface area contributed by atoms with Crippen molar-refractivity contribution >= 4 is 23.2 Å². The molecule has 1 aliphatic heterocycles. The Kier molecular flexibility index (Phi) is 6.00. The second kappa shape index (κ2) is 8.24. The Hall–Kier alpha value is -1.84. The molecular formula is C22H27ClN2O. The number of rotatable bonds is 4. The molecule has 0 aliphatic carbocycles. The number of amides is 1. The van der Waals surface area contributed by atoms with Gasteiger partial charge in [0.25, 0.3) is 0 Å². The van der Waals surface area contributed by atoms with Gasteiger partial charge in [0, 0.05) is 23.8 Å². The number of likely N-dealkylation sites (tertiary alicyclic amines) is 1. The molecule has 3 rings (SSSR count). The lowest BCUT2D eigenvalue weighted by atomic mass is 9.96. The molecule has 0 bridgehead atoms. The van der Waals surface area contributed by atoms with Gasteiger partial charge in [-0.05, 0) is 69.0 Å². The molecule has 0 spiro atoms. The first-order valence-electron chi connectivity index (χ1n) is 9.28. The second-order valence-corrected chi connectivity index (χ2v) is 7.90. The fraction of sp³-hybridized carbons (Fsp3) is 0.409. The van der Waals surface area contributed by atoms with Crippen LogP contribution in [0.15, 0.2) is 36.4 Å². The quantitative estimate of drug-likeness (QED) is 0.810. The average molecular weight is 371 g/mol. The molecule has 2 aromatic carbocycles. The highest BCUT2D eigenvalue weighted by Crippen LogP contribution is 2.25. The first-order chi connectivity index (χ1) is 12.4. The predicted molar refractivity (Wildman–Crippen MR) is 109 cm³/mol. The molecule has 4 heteroatoms. The maximum Gasteiger partial charge on any atom is 0.228 e. The summed E-state index contributed by atoms with van der Waals surface area (Å²) in [5.41, 5.74) is 5.69. The van der Waals surface area contributed by atoms with Crippen molar-refractivity contribution in [2.75, 3.05) is 18.4 Å². The highest BCUT2D eigenvalue weighted by Gasteiger charge is 2.26. The van der Waals surface area contributed by atoms with E-state index >= 15 is 0 Å². The van der Waals surface area contributed by atoms with E-state index in [4.69, 9.17) is 11.6 Å². The highest BCUT2D eigenvalue weighted by molar-refractivity contribution is 6.30. The molecule has 0 radical (unpaired) electrons. The van der Waals surface area contributed by atoms with Crippen molar-refractivity contribution in [1.29, 1.82) is 0 Å². The van der Waals surface area contributed by atoms with Crippen molar-refractivity contribution in [2.24, 2.45) is 5.92 Å². The third-order valence-corrected chi connectivity index (χ3v) is 5.37. The molecule has 0 saturated carbocycles. The molecule has 1 heterocycles. The summed E-state index contributed by atoms with van der Waals surface area (Å²) in [7, 11) is 0. The molecule has 0 aromatic heterocycles. The van der Waals surface area contributed by atoms with Gasteiger partial charge in [-0.25, -0.2) is 0 Å². The van der Waals surface area contributed by atoms with Gasteiger partial charge in [0.15, 0.2) is 0 Å². The summed E-state index contributed by atoms with van der Waals surface area (Å²) in [6.45, 7) is 8.91. The van der Waals surface area contributed by atoms with E-state index in [1.54, 1.807) is 0 Å². The Morgan fingerprint density at radius 2 is 1.81 bits per heavy atom. The molecule has 1 N–H and O–H groups in total. The fourth-order valence-electron chi connectivity index (χ4n) is 3.86. The maximum atomic E-state index is 12.8. The molecule has 1 saturated heterocycles. The van der Waals surface area contributed by atoms with Crippen LogP contribution in [0.3, 0.4) is 0 Å². The van der Waals surface area contributed by atoms with Gasteiger partial charge in [0.1, 0.15) is 0 Å². The van der Waals surface area contributed by atoms with Gasteiger partial charge in [-0.1, -0.05) is 41.4 Å². The molecule has 0 unspecified atom stereocenters. The zero-order chi connectivity index (χ0) is 18.7. The van der Waals surface area contributed by atoms with Gasteiger partial charge in [-0.15, -0.1) is 0 Å². The Balaban J connectivity index is 1.64. The summed E-state index contributed by atoms with van der Waals surface area (Å²) >= 11 is 5.96. The normalized spacial score (nSPS) is 17.9. The van der Waals surface area contributed by atoms with Gasteiger partial charge in [-0.2, -0.15) is 0 Å². The SMILES string of the molecule is Cc1cc(C)c(NC(=O)[C@H]2CCCN(Cc3ccc(Cl)cc3)C2)c(C)c1. The van der Waals surface area contributed by atoms with E-state index in [0.717, 1.165) is 54.3 Å². The summed E-state index contributed by atoms with van der Waals surface area (Å²) in [6, 6.07) is 12.2. The van der Waals surface area contributed by atoms with Crippen LogP contribution in [-0.2, 0) is 11.3 Å². The summed E-state index contributed by atoms with van der Waals surface area (Å²) < 4.78 is 0. The number of halogens is 1. The number of nitrogens with zero attached hydrogens (tertiary/aromatic N) is 1. The lowest BCUT2D eigenvalue weighted by Crippen LogP contribution is -2.40. The minimum Gasteiger partial charge on any atom is -0.325 e. The van der Waals surface area contributed by atoms with Crippen LogP contribution in [0, 0.1) is 26.7 Å². The number of hydrogen-bond donors (Lipinski definition) is 1. The zero-order valence-electron chi connectivity index (χ0n) is 15.8. The van der Waals surface area contributed by atoms with E-state index in [1.807, 2.05) is 12.1 Å². The molecule has 1 atom stereocenters. The minimum atomic E-state index is 0.0381. The van der Waals surface area contributed by atoms with Crippen molar-refractivity contribution in [2.45, 2.75) is 40.2 Å². The van der Waals surface area contributed by atoms with Gasteiger partial charge in [0.05, 0.1) is 5.92 Å². The van der Waals surface area contributed by atoms with Crippen molar-refractivity contribution in [3.8, 4) is 0 Å². The van der Waals surface area contributed by atoms with Gasteiger partial charge in [-0.3, -0.25) is 9.69 Å². The first kappa shape index (κ1) is 18.9. The van der Waals surface area contributed by atoms with Gasteiger partial charge >= 0.3 is 0 Å². The fourth-order valence-corrected chi connectivity index (χ4v) is 3.99. The van der Waals surface area contributed by atoms with E-state index in [2.05, 4.69) is 55.3 Å². The molecule has 138 valence electrons. The third-order valence-electron chi connectivity index (χ3n) is 5.12. The van der Waals surface area contributed by atoms with Gasteiger partial charge < -0.3 is 5.32 Å². The first-order valence-corrected chi connectivity index (χ1v) is 9.65. The number of carbonyl (C=O) groups is 1. The molecule has 1 fully saturated rings. The molecule has 1 amide bonds. The monoisotopic (exact) mass is 370 g/mol. The lowest BCUT2D eigenvalue weighted by Gasteiger charge is -2.32. The maximum absolute atomic E-state index is 12.8. The molecule has 2 aromatic rings. The van der Waals surface area contributed by atoms with Crippen LogP contribution in [0.4, 0.5) is 5.69 Å². The smallest absolute Gasteiger partial charge is 0.228 e. The topological polar surface area (TPSA) is 32.3 Å². The molecule has 1 aliphatic rings. The number of aryl methyl sites for hydroxylation is 3. The van der Waals surface area contributed by atoms with Crippen LogP contribution < -0.4 is 5.32 Å². The summed E-state index contributed by atoms with van der Waals surface area (Å²) in [5, 5.41) is 3.94. The van der Waals surface area contributed by atoms with Crippen molar-refractivity contribution in [1.82, 2.24) is 4.90 Å². The average Bonchev–Trinajstić information content (AvgIpc) is 2.60. The van der Waals surface area contributed by atoms with Crippen LogP contribution in [0.25, 0.3) is 0 Å². The Morgan fingerprint density at radius 1 is 1.15 bits per heavy atom. The number of carbonyl (C=O) groups excluding carboxylic acids is 1. The van der Waals surface area contributed by atoms with Crippen LogP contribution >= 0.6 is 11.6 Å². The standard InChI is InChI=1S/C22H27ClN2O/c1-15-11-16(2)21(17(3)12-15)24-22(26)19-5-4-10-25(14-19)13-18-6-8-20(23)9-7-18/h6-9,11-12,19H,4-5,10,13-14H2,1-3H3,(H,24,26)/t19-/m0/s1. The van der Waals surface area contributed by atoms with E-state index < -0.39 is 0 Å². The third kappa shape index (κ3) is 4.66. The predicted octanol–water partition coefficient (Wildman–Crippen LogP) is 5.12. The van der Waals surface area contributed by atoms with E-state index in [0.29, 0.717) is 0 Å². The Bertz CT molecular complexity index is 762. The van der Waals surface area contributed by atoms with Crippen LogP contribution in [0.1, 0.15) is 35.1 Å². The van der Waals surface area contributed by atoms with Crippen molar-refractivity contribution < 1.29 is 4.79 Å².